The van der Waals surface area contributed by atoms with E-state index in [0.29, 0.717) is 43.5 Å². The van der Waals surface area contributed by atoms with Gasteiger partial charge in [-0.15, -0.1) is 10.2 Å². The molecule has 11 nitrogen and oxygen atoms in total. The van der Waals surface area contributed by atoms with E-state index < -0.39 is 11.5 Å². The van der Waals surface area contributed by atoms with Crippen molar-refractivity contribution in [3.63, 3.8) is 0 Å². The molecule has 11 heteroatoms. The molecule has 0 aliphatic heterocycles. The molecule has 1 aromatic carbocycles. The summed E-state index contributed by atoms with van der Waals surface area (Å²) in [5.74, 6) is 1.81. The molecule has 1 atom stereocenters. The lowest BCUT2D eigenvalue weighted by atomic mass is 9.93. The van der Waals surface area contributed by atoms with Gasteiger partial charge in [0.1, 0.15) is 24.2 Å². The fourth-order valence-corrected chi connectivity index (χ4v) is 3.88. The molecular formula is C27H41N7O4. The highest BCUT2D eigenvalue weighted by Crippen LogP contribution is 2.25. The first-order valence-electron chi connectivity index (χ1n) is 13.1. The number of hydrogen-bond donors (Lipinski definition) is 3. The van der Waals surface area contributed by atoms with Crippen LogP contribution in [0.1, 0.15) is 53.3 Å². The number of carbonyl (C=O) groups excluding carboxylic acids is 2. The van der Waals surface area contributed by atoms with E-state index in [0.717, 1.165) is 29.7 Å². The van der Waals surface area contributed by atoms with Gasteiger partial charge in [-0.2, -0.15) is 0 Å². The van der Waals surface area contributed by atoms with Crippen molar-refractivity contribution in [1.82, 2.24) is 30.2 Å². The number of ether oxygens (including phenoxy) is 2. The van der Waals surface area contributed by atoms with Crippen LogP contribution in [0.3, 0.4) is 0 Å². The number of carbonyl (C=O) groups is 2. The van der Waals surface area contributed by atoms with Gasteiger partial charge in [-0.3, -0.25) is 14.0 Å². The standard InChI is InChI=1S/C27H41N7O4/c1-17(2)22(31-26(36)27(4,5)6)25(35)29-13-9-8-12-28-23-24-33-32-18(3)34(24)21-11-10-19(16-20(21)30-23)38-15-14-37-7/h10-11,16-17,22H,8-9,12-15H2,1-7H3,(H,28,30)(H,29,35)(H,31,36)/t22-/m0/s1. The van der Waals surface area contributed by atoms with Crippen LogP contribution >= 0.6 is 0 Å². The number of rotatable bonds is 13. The minimum atomic E-state index is -0.561. The van der Waals surface area contributed by atoms with E-state index in [1.54, 1.807) is 7.11 Å². The SMILES string of the molecule is COCCOc1ccc2c(c1)nc(NCCCCNC(=O)[C@@H](NC(=O)C(C)(C)C)C(C)C)c1nnc(C)n12. The van der Waals surface area contributed by atoms with Gasteiger partial charge in [-0.25, -0.2) is 4.98 Å². The Morgan fingerprint density at radius 2 is 1.82 bits per heavy atom. The summed E-state index contributed by atoms with van der Waals surface area (Å²) in [6.07, 6.45) is 1.57. The van der Waals surface area contributed by atoms with Gasteiger partial charge in [0.15, 0.2) is 5.82 Å². The molecule has 208 valence electrons. The van der Waals surface area contributed by atoms with Crippen molar-refractivity contribution in [2.45, 2.75) is 60.4 Å². The van der Waals surface area contributed by atoms with Crippen LogP contribution in [0.15, 0.2) is 18.2 Å². The Hall–Kier alpha value is -3.47. The molecule has 0 aliphatic rings. The molecule has 0 fully saturated rings. The van der Waals surface area contributed by atoms with Gasteiger partial charge in [0.25, 0.3) is 0 Å². The summed E-state index contributed by atoms with van der Waals surface area (Å²) in [6.45, 7) is 13.4. The summed E-state index contributed by atoms with van der Waals surface area (Å²) in [4.78, 5) is 29.8. The molecule has 0 radical (unpaired) electrons. The number of benzene rings is 1. The van der Waals surface area contributed by atoms with E-state index in [-0.39, 0.29) is 17.7 Å². The first-order valence-corrected chi connectivity index (χ1v) is 13.1. The first-order chi connectivity index (χ1) is 18.0. The van der Waals surface area contributed by atoms with Crippen LogP contribution in [0.2, 0.25) is 0 Å². The van der Waals surface area contributed by atoms with Gasteiger partial charge >= 0.3 is 0 Å². The molecular weight excluding hydrogens is 486 g/mol. The predicted molar refractivity (Wildman–Crippen MR) is 147 cm³/mol. The van der Waals surface area contributed by atoms with Crippen molar-refractivity contribution < 1.29 is 19.1 Å². The molecule has 0 unspecified atom stereocenters. The molecule has 3 aromatic rings. The molecule has 0 aliphatic carbocycles. The summed E-state index contributed by atoms with van der Waals surface area (Å²) in [5.41, 5.74) is 1.77. The van der Waals surface area contributed by atoms with Gasteiger partial charge in [-0.05, 0) is 37.8 Å². The third-order valence-electron chi connectivity index (χ3n) is 6.13. The van der Waals surface area contributed by atoms with Gasteiger partial charge in [-0.1, -0.05) is 34.6 Å². The number of nitrogens with one attached hydrogen (secondary N) is 3. The maximum atomic E-state index is 12.7. The maximum Gasteiger partial charge on any atom is 0.242 e. The Kier molecular flexibility index (Phi) is 9.84. The van der Waals surface area contributed by atoms with E-state index in [1.165, 1.54) is 0 Å². The Morgan fingerprint density at radius 1 is 1.08 bits per heavy atom. The predicted octanol–water partition coefficient (Wildman–Crippen LogP) is 3.11. The van der Waals surface area contributed by atoms with E-state index in [4.69, 9.17) is 14.5 Å². The smallest absolute Gasteiger partial charge is 0.242 e. The zero-order valence-corrected chi connectivity index (χ0v) is 23.6. The highest BCUT2D eigenvalue weighted by atomic mass is 16.5. The topological polar surface area (TPSA) is 132 Å². The molecule has 0 bridgehead atoms. The average molecular weight is 528 g/mol. The van der Waals surface area contributed by atoms with Gasteiger partial charge < -0.3 is 25.4 Å². The van der Waals surface area contributed by atoms with Crippen molar-refractivity contribution in [2.24, 2.45) is 11.3 Å². The van der Waals surface area contributed by atoms with Crippen molar-refractivity contribution >= 4 is 34.3 Å². The van der Waals surface area contributed by atoms with Gasteiger partial charge in [0.2, 0.25) is 17.5 Å². The molecule has 3 N–H and O–H groups in total. The van der Waals surface area contributed by atoms with E-state index in [9.17, 15) is 9.59 Å². The zero-order valence-electron chi connectivity index (χ0n) is 23.6. The van der Waals surface area contributed by atoms with Crippen molar-refractivity contribution in [3.8, 4) is 5.75 Å². The maximum absolute atomic E-state index is 12.7. The van der Waals surface area contributed by atoms with Crippen LogP contribution in [-0.2, 0) is 14.3 Å². The van der Waals surface area contributed by atoms with Crippen LogP contribution in [0, 0.1) is 18.3 Å². The zero-order chi connectivity index (χ0) is 27.9. The lowest BCUT2D eigenvalue weighted by Crippen LogP contribution is -2.52. The van der Waals surface area contributed by atoms with Crippen LogP contribution in [0.25, 0.3) is 16.7 Å². The number of nitrogens with zero attached hydrogens (tertiary/aromatic N) is 4. The quantitative estimate of drug-likeness (QED) is 0.289. The van der Waals surface area contributed by atoms with Crippen LogP contribution in [0.5, 0.6) is 5.75 Å². The number of fused-ring (bicyclic) bond motifs is 3. The number of hydrogen-bond acceptors (Lipinski definition) is 8. The molecule has 0 saturated carbocycles. The van der Waals surface area contributed by atoms with E-state index >= 15 is 0 Å². The number of methoxy groups -OCH3 is 1. The minimum absolute atomic E-state index is 0.0122. The van der Waals surface area contributed by atoms with Crippen LogP contribution in [0.4, 0.5) is 5.82 Å². The monoisotopic (exact) mass is 527 g/mol. The normalized spacial score (nSPS) is 12.6. The molecule has 0 saturated heterocycles. The number of anilines is 1. The largest absolute Gasteiger partial charge is 0.491 e. The Morgan fingerprint density at radius 3 is 2.50 bits per heavy atom. The molecule has 3 rings (SSSR count). The molecule has 38 heavy (non-hydrogen) atoms. The molecule has 2 amide bonds. The summed E-state index contributed by atoms with van der Waals surface area (Å²) in [7, 11) is 1.64. The summed E-state index contributed by atoms with van der Waals surface area (Å²) in [5, 5.41) is 17.8. The summed E-state index contributed by atoms with van der Waals surface area (Å²) >= 11 is 0. The Bertz CT molecular complexity index is 1250. The average Bonchev–Trinajstić information content (AvgIpc) is 3.25. The number of aryl methyl sites for hydroxylation is 1. The molecule has 2 aromatic heterocycles. The van der Waals surface area contributed by atoms with E-state index in [1.807, 2.05) is 64.1 Å². The Balaban J connectivity index is 1.57. The van der Waals surface area contributed by atoms with Crippen molar-refractivity contribution in [1.29, 1.82) is 0 Å². The van der Waals surface area contributed by atoms with Crippen molar-refractivity contribution in [2.75, 3.05) is 38.7 Å². The highest BCUT2D eigenvalue weighted by Gasteiger charge is 2.29. The number of unbranched alkanes of at least 4 members (excludes halogenated alkanes) is 1. The second-order valence-electron chi connectivity index (χ2n) is 10.7. The summed E-state index contributed by atoms with van der Waals surface area (Å²) in [6, 6.07) is 5.19. The number of aromatic nitrogens is 4. The Labute approximate surface area is 224 Å². The van der Waals surface area contributed by atoms with Crippen LogP contribution in [-0.4, -0.2) is 70.9 Å². The summed E-state index contributed by atoms with van der Waals surface area (Å²) < 4.78 is 12.8. The number of amides is 2. The third-order valence-corrected chi connectivity index (χ3v) is 6.13. The fraction of sp³-hybridized carbons (Fsp3) is 0.593. The molecule has 2 heterocycles. The van der Waals surface area contributed by atoms with E-state index in [2.05, 4.69) is 26.1 Å². The third kappa shape index (κ3) is 7.31. The van der Waals surface area contributed by atoms with Gasteiger partial charge in [0.05, 0.1) is 17.6 Å². The molecule has 0 spiro atoms. The first kappa shape index (κ1) is 29.1. The van der Waals surface area contributed by atoms with Crippen LogP contribution < -0.4 is 20.7 Å². The van der Waals surface area contributed by atoms with Gasteiger partial charge in [0, 0.05) is 31.7 Å². The lowest BCUT2D eigenvalue weighted by Gasteiger charge is -2.26. The lowest BCUT2D eigenvalue weighted by molar-refractivity contribution is -0.134. The highest BCUT2D eigenvalue weighted by molar-refractivity contribution is 5.89. The van der Waals surface area contributed by atoms with Crippen molar-refractivity contribution in [3.05, 3.63) is 24.0 Å². The fourth-order valence-electron chi connectivity index (χ4n) is 3.88. The minimum Gasteiger partial charge on any atom is -0.491 e. The second-order valence-corrected chi connectivity index (χ2v) is 10.7. The second kappa shape index (κ2) is 12.9.